The van der Waals surface area contributed by atoms with E-state index in [1.165, 1.54) is 12.8 Å². The molecule has 20 heavy (non-hydrogen) atoms. The molecule has 1 fully saturated rings. The van der Waals surface area contributed by atoms with E-state index in [9.17, 15) is 0 Å². The third kappa shape index (κ3) is 2.93. The van der Waals surface area contributed by atoms with E-state index in [1.807, 2.05) is 19.9 Å². The molecular weight excluding hydrogens is 250 g/mol. The number of nitrogens with one attached hydrogen (secondary N) is 1. The molecule has 2 rings (SSSR count). The van der Waals surface area contributed by atoms with E-state index in [0.717, 1.165) is 35.7 Å². The number of likely N-dealkylation sites (N-methyl/N-ethyl adjacent to an activating group) is 2. The molecule has 1 aromatic rings. The summed E-state index contributed by atoms with van der Waals surface area (Å²) >= 11 is 0. The van der Waals surface area contributed by atoms with Crippen LogP contribution in [-0.4, -0.2) is 48.9 Å². The van der Waals surface area contributed by atoms with Gasteiger partial charge in [-0.2, -0.15) is 0 Å². The van der Waals surface area contributed by atoms with Crippen molar-refractivity contribution in [3.8, 4) is 0 Å². The smallest absolute Gasteiger partial charge is 0.126 e. The van der Waals surface area contributed by atoms with Crippen LogP contribution in [0.5, 0.6) is 0 Å². The predicted molar refractivity (Wildman–Crippen MR) is 83.6 cm³/mol. The Morgan fingerprint density at radius 1 is 1.50 bits per heavy atom. The largest absolute Gasteiger partial charge is 0.384 e. The number of hydrogen-bond donors (Lipinski definition) is 2. The van der Waals surface area contributed by atoms with Gasteiger partial charge in [-0.25, -0.2) is 0 Å². The standard InChI is InChI=1S/C15H25N5/c1-10-8-13(14(15(16)17)11(2)18-10)20(4)12-6-5-7-19(3)9-12/h8,12H,5-7,9H2,1-4H3,(H3,16,17). The van der Waals surface area contributed by atoms with Gasteiger partial charge in [-0.3, -0.25) is 10.4 Å². The number of piperidine rings is 1. The molecule has 0 spiro atoms. The predicted octanol–water partition coefficient (Wildman–Crippen LogP) is 1.51. The molecule has 0 saturated carbocycles. The Labute approximate surface area is 121 Å². The molecular formula is C15H25N5. The van der Waals surface area contributed by atoms with Gasteiger partial charge >= 0.3 is 0 Å². The maximum atomic E-state index is 7.84. The first-order valence-electron chi connectivity index (χ1n) is 7.14. The van der Waals surface area contributed by atoms with Crippen molar-refractivity contribution in [2.24, 2.45) is 5.73 Å². The number of nitrogens with zero attached hydrogens (tertiary/aromatic N) is 3. The van der Waals surface area contributed by atoms with Gasteiger partial charge in [0.15, 0.2) is 0 Å². The zero-order valence-corrected chi connectivity index (χ0v) is 12.9. The molecule has 2 heterocycles. The lowest BCUT2D eigenvalue weighted by Crippen LogP contribution is -2.45. The molecule has 1 aliphatic rings. The molecule has 0 aromatic carbocycles. The van der Waals surface area contributed by atoms with Crippen molar-refractivity contribution in [2.75, 3.05) is 32.1 Å². The summed E-state index contributed by atoms with van der Waals surface area (Å²) in [7, 11) is 4.26. The first-order valence-corrected chi connectivity index (χ1v) is 7.14. The van der Waals surface area contributed by atoms with Crippen molar-refractivity contribution >= 4 is 11.5 Å². The second-order valence-corrected chi connectivity index (χ2v) is 5.83. The van der Waals surface area contributed by atoms with Crippen LogP contribution < -0.4 is 10.6 Å². The van der Waals surface area contributed by atoms with Crippen molar-refractivity contribution in [3.05, 3.63) is 23.0 Å². The average molecular weight is 275 g/mol. The van der Waals surface area contributed by atoms with Crippen LogP contribution in [0.2, 0.25) is 0 Å². The molecule has 5 heteroatoms. The first-order chi connectivity index (χ1) is 9.40. The number of rotatable bonds is 3. The second-order valence-electron chi connectivity index (χ2n) is 5.83. The van der Waals surface area contributed by atoms with Crippen molar-refractivity contribution in [1.82, 2.24) is 9.88 Å². The van der Waals surface area contributed by atoms with Gasteiger partial charge in [-0.15, -0.1) is 0 Å². The summed E-state index contributed by atoms with van der Waals surface area (Å²) in [4.78, 5) is 9.07. The summed E-state index contributed by atoms with van der Waals surface area (Å²) in [6, 6.07) is 2.51. The Morgan fingerprint density at radius 3 is 2.80 bits per heavy atom. The van der Waals surface area contributed by atoms with Crippen LogP contribution >= 0.6 is 0 Å². The Balaban J connectivity index is 2.37. The van der Waals surface area contributed by atoms with E-state index in [-0.39, 0.29) is 5.84 Å². The fraction of sp³-hybridized carbons (Fsp3) is 0.600. The van der Waals surface area contributed by atoms with Gasteiger partial charge in [-0.1, -0.05) is 0 Å². The minimum atomic E-state index is 0.0982. The lowest BCUT2D eigenvalue weighted by atomic mass is 10.0. The van der Waals surface area contributed by atoms with Gasteiger partial charge in [0, 0.05) is 25.3 Å². The average Bonchev–Trinajstić information content (AvgIpc) is 2.36. The lowest BCUT2D eigenvalue weighted by Gasteiger charge is -2.38. The number of nitrogen functional groups attached to an aromatic ring is 1. The van der Waals surface area contributed by atoms with Crippen molar-refractivity contribution < 1.29 is 0 Å². The van der Waals surface area contributed by atoms with Crippen molar-refractivity contribution in [2.45, 2.75) is 32.7 Å². The van der Waals surface area contributed by atoms with E-state index < -0.39 is 0 Å². The molecule has 1 aliphatic heterocycles. The molecule has 1 aromatic heterocycles. The van der Waals surface area contributed by atoms with Gasteiger partial charge in [0.2, 0.25) is 0 Å². The highest BCUT2D eigenvalue weighted by molar-refractivity contribution is 6.01. The monoisotopic (exact) mass is 275 g/mol. The van der Waals surface area contributed by atoms with Gasteiger partial charge in [0.1, 0.15) is 5.84 Å². The summed E-state index contributed by atoms with van der Waals surface area (Å²) < 4.78 is 0. The summed E-state index contributed by atoms with van der Waals surface area (Å²) in [5.74, 6) is 0.0982. The number of aryl methyl sites for hydroxylation is 2. The molecule has 0 radical (unpaired) electrons. The molecule has 1 atom stereocenters. The lowest BCUT2D eigenvalue weighted by molar-refractivity contribution is 0.248. The molecule has 0 amide bonds. The topological polar surface area (TPSA) is 69.2 Å². The van der Waals surface area contributed by atoms with Crippen LogP contribution in [0.1, 0.15) is 29.8 Å². The number of anilines is 1. The first kappa shape index (κ1) is 14.8. The Kier molecular flexibility index (Phi) is 4.28. The third-order valence-corrected chi connectivity index (χ3v) is 4.10. The minimum Gasteiger partial charge on any atom is -0.384 e. The van der Waals surface area contributed by atoms with Crippen LogP contribution in [0.4, 0.5) is 5.69 Å². The maximum Gasteiger partial charge on any atom is 0.126 e. The summed E-state index contributed by atoms with van der Waals surface area (Å²) in [5.41, 5.74) is 9.37. The van der Waals surface area contributed by atoms with Crippen LogP contribution in [0.25, 0.3) is 0 Å². The van der Waals surface area contributed by atoms with Crippen molar-refractivity contribution in [3.63, 3.8) is 0 Å². The van der Waals surface area contributed by atoms with Crippen molar-refractivity contribution in [1.29, 1.82) is 5.41 Å². The molecule has 0 bridgehead atoms. The minimum absolute atomic E-state index is 0.0982. The molecule has 5 nitrogen and oxygen atoms in total. The van der Waals surface area contributed by atoms with Crippen LogP contribution in [0.15, 0.2) is 6.07 Å². The fourth-order valence-corrected chi connectivity index (χ4v) is 3.07. The Bertz CT molecular complexity index is 511. The highest BCUT2D eigenvalue weighted by Crippen LogP contribution is 2.27. The number of pyridine rings is 1. The molecule has 0 aliphatic carbocycles. The second kappa shape index (κ2) is 5.79. The molecule has 1 unspecified atom stereocenters. The van der Waals surface area contributed by atoms with Gasteiger partial charge in [-0.05, 0) is 46.3 Å². The fourth-order valence-electron chi connectivity index (χ4n) is 3.07. The Hall–Kier alpha value is -1.62. The van der Waals surface area contributed by atoms with E-state index in [0.29, 0.717) is 6.04 Å². The summed E-state index contributed by atoms with van der Waals surface area (Å²) in [6.45, 7) is 6.13. The third-order valence-electron chi connectivity index (χ3n) is 4.10. The number of aromatic nitrogens is 1. The van der Waals surface area contributed by atoms with Crippen LogP contribution in [-0.2, 0) is 0 Å². The highest BCUT2D eigenvalue weighted by atomic mass is 15.2. The van der Waals surface area contributed by atoms with E-state index in [1.54, 1.807) is 0 Å². The quantitative estimate of drug-likeness (QED) is 0.648. The number of amidine groups is 1. The normalized spacial score (nSPS) is 19.9. The maximum absolute atomic E-state index is 7.84. The van der Waals surface area contributed by atoms with E-state index >= 15 is 0 Å². The van der Waals surface area contributed by atoms with Crippen LogP contribution in [0.3, 0.4) is 0 Å². The van der Waals surface area contributed by atoms with E-state index in [4.69, 9.17) is 11.1 Å². The molecule has 3 N–H and O–H groups in total. The summed E-state index contributed by atoms with van der Waals surface area (Å²) in [6.07, 6.45) is 2.39. The number of nitrogens with two attached hydrogens (primary N) is 1. The van der Waals surface area contributed by atoms with Gasteiger partial charge in [0.05, 0.1) is 16.9 Å². The van der Waals surface area contributed by atoms with Gasteiger partial charge < -0.3 is 15.5 Å². The summed E-state index contributed by atoms with van der Waals surface area (Å²) in [5, 5.41) is 7.84. The zero-order valence-electron chi connectivity index (χ0n) is 12.9. The number of hydrogen-bond acceptors (Lipinski definition) is 4. The SMILES string of the molecule is Cc1cc(N(C)C2CCCN(C)C2)c(C(=N)N)c(C)n1. The Morgan fingerprint density at radius 2 is 2.20 bits per heavy atom. The highest BCUT2D eigenvalue weighted by Gasteiger charge is 2.24. The van der Waals surface area contributed by atoms with E-state index in [2.05, 4.69) is 28.9 Å². The number of likely N-dealkylation sites (tertiary alicyclic amines) is 1. The molecule has 1 saturated heterocycles. The molecule has 110 valence electrons. The van der Waals surface area contributed by atoms with Gasteiger partial charge in [0.25, 0.3) is 0 Å². The van der Waals surface area contributed by atoms with Crippen LogP contribution in [0, 0.1) is 19.3 Å². The zero-order chi connectivity index (χ0) is 14.9.